The Morgan fingerprint density at radius 2 is 1.52 bits per heavy atom. The van der Waals surface area contributed by atoms with Crippen molar-refractivity contribution < 1.29 is 43.5 Å². The summed E-state index contributed by atoms with van der Waals surface area (Å²) in [7, 11) is 1.00. The molecule has 1 aromatic heterocycles. The number of likely N-dealkylation sites (tertiary alicyclic amines) is 1. The number of aldehydes is 1. The summed E-state index contributed by atoms with van der Waals surface area (Å²) in [4.78, 5) is 109. The number of benzene rings is 3. The molecule has 4 aromatic rings. The van der Waals surface area contributed by atoms with Crippen molar-refractivity contribution in [1.29, 1.82) is 0 Å². The van der Waals surface area contributed by atoms with E-state index in [-0.39, 0.29) is 91.0 Å². The van der Waals surface area contributed by atoms with E-state index < -0.39 is 41.0 Å². The number of amidine groups is 1. The van der Waals surface area contributed by atoms with Crippen LogP contribution in [0.3, 0.4) is 0 Å². The summed E-state index contributed by atoms with van der Waals surface area (Å²) in [6, 6.07) is 13.0. The number of aryl methyl sites for hydroxylation is 2. The highest BCUT2D eigenvalue weighted by molar-refractivity contribution is 7.81. The number of unbranched alkanes of at least 4 members (excludes halogenated alkanes) is 4. The van der Waals surface area contributed by atoms with E-state index in [1.165, 1.54) is 55.7 Å². The van der Waals surface area contributed by atoms with Crippen LogP contribution < -0.4 is 55.2 Å². The Kier molecular flexibility index (Phi) is 35.3. The van der Waals surface area contributed by atoms with Gasteiger partial charge in [0.15, 0.2) is 5.84 Å². The number of hydrazine groups is 1. The summed E-state index contributed by atoms with van der Waals surface area (Å²) < 4.78 is 0. The number of hydrazone groups is 1. The summed E-state index contributed by atoms with van der Waals surface area (Å²) >= 11 is 10.7. The first-order valence-corrected chi connectivity index (χ1v) is 28.1. The summed E-state index contributed by atoms with van der Waals surface area (Å²) in [6.07, 6.45) is 9.48. The quantitative estimate of drug-likeness (QED) is 0.00558. The van der Waals surface area contributed by atoms with E-state index >= 15 is 0 Å². The van der Waals surface area contributed by atoms with Crippen LogP contribution in [-0.4, -0.2) is 118 Å². The van der Waals surface area contributed by atoms with Gasteiger partial charge in [0.2, 0.25) is 35.5 Å². The lowest BCUT2D eigenvalue weighted by atomic mass is 10.0. The van der Waals surface area contributed by atoms with Gasteiger partial charge in [-0.1, -0.05) is 103 Å². The second kappa shape index (κ2) is 39.9. The first kappa shape index (κ1) is 71.6. The van der Waals surface area contributed by atoms with Crippen LogP contribution in [0.15, 0.2) is 59.7 Å². The smallest absolute Gasteiger partial charge is 0.252 e. The highest BCUT2D eigenvalue weighted by atomic mass is 35.5. The molecular formula is C56H85ClN14O9S. The molecule has 1 aliphatic rings. The van der Waals surface area contributed by atoms with Crippen LogP contribution in [-0.2, 0) is 41.6 Å². The van der Waals surface area contributed by atoms with Crippen molar-refractivity contribution in [2.45, 2.75) is 149 Å². The number of aliphatic hydroxyl groups is 1. The van der Waals surface area contributed by atoms with Crippen LogP contribution >= 0.6 is 24.2 Å². The van der Waals surface area contributed by atoms with Crippen molar-refractivity contribution in [2.75, 3.05) is 43.5 Å². The van der Waals surface area contributed by atoms with Gasteiger partial charge in [-0.2, -0.15) is 17.6 Å². The Morgan fingerprint density at radius 3 is 2.11 bits per heavy atom. The van der Waals surface area contributed by atoms with Gasteiger partial charge < -0.3 is 53.7 Å². The van der Waals surface area contributed by atoms with E-state index in [9.17, 15) is 38.4 Å². The molecule has 25 heteroatoms. The number of halogens is 1. The number of imide groups is 1. The number of carbonyl (C=O) groups is 8. The number of amides is 7. The number of rotatable bonds is 26. The standard InChI is InChI=1S/C45H55ClN14O8S.C5H12.C3H8.C2H6.CH4O/c1-24(53-35(63)22-52-34(62)7-3-2-4-19-60-36(64)21-33(69)44(60)68)41(65)54-28-15-16-30(31(20-28)39(47)58-59-50)43(67)51-18-5-6-29(23-61)55-42(66)27-12-9-25(10-13-27)8-11-26-14-17-32-37(38(26)46)40(48)57-45(49)56-32;1-3-5-4-2;1-3-2;2*1-2/h9-10,12-17,20,23-24,29,33,59,69H,2-8,11,18-19,21-22,50H2,1H3,(H2,47,58)(H,51,67)(H,52,62)(H,53,63)(H,54,65)(H,55,66)(H4,48,49,56,57);3-5H2,1-2H3;3H2,1-2H3;1-2H3;2H,1H3. The van der Waals surface area contributed by atoms with E-state index in [0.717, 1.165) is 18.2 Å². The average molecular weight is 1170 g/mol. The molecule has 1 aliphatic heterocycles. The molecule has 0 bridgehead atoms. The maximum absolute atomic E-state index is 13.3. The number of fused-ring (bicyclic) bond motifs is 1. The third kappa shape index (κ3) is 24.9. The molecule has 15 N–H and O–H groups in total. The molecule has 3 atom stereocenters. The van der Waals surface area contributed by atoms with Crippen LogP contribution in [0.5, 0.6) is 0 Å². The number of thiol groups is 1. The molecule has 23 nitrogen and oxygen atoms in total. The van der Waals surface area contributed by atoms with Crippen LogP contribution in [0.25, 0.3) is 10.9 Å². The number of nitrogens with zero attached hydrogens (tertiary/aromatic N) is 4. The number of nitrogens with two attached hydrogens (primary N) is 4. The van der Waals surface area contributed by atoms with Gasteiger partial charge in [-0.05, 0) is 93.0 Å². The number of nitrogen functional groups attached to an aromatic ring is 2. The zero-order chi connectivity index (χ0) is 61.0. The maximum Gasteiger partial charge on any atom is 0.252 e. The molecule has 3 aromatic carbocycles. The molecule has 3 unspecified atom stereocenters. The molecule has 2 heterocycles. The Hall–Kier alpha value is -7.41. The fourth-order valence-corrected chi connectivity index (χ4v) is 8.28. The summed E-state index contributed by atoms with van der Waals surface area (Å²) in [5.41, 5.74) is 23.0. The van der Waals surface area contributed by atoms with Gasteiger partial charge in [0.05, 0.1) is 39.3 Å². The van der Waals surface area contributed by atoms with Gasteiger partial charge in [-0.25, -0.2) is 16.4 Å². The SMILES string of the molecule is CC.CC(NC(=O)CNC(=O)CCCCCN1C(=O)CC(S)C1=O)C(=O)Nc1ccc(C(=O)NCCCC(C=O)NC(=O)c2ccc(CCc3ccc4nc(N)nc(N)c4c3Cl)cc2)c(/C(N)=N/NN)c1.CCC.CCCCC.CO. The summed E-state index contributed by atoms with van der Waals surface area (Å²) in [5, 5.41) is 24.2. The molecule has 0 spiro atoms. The van der Waals surface area contributed by atoms with Crippen molar-refractivity contribution in [3.63, 3.8) is 0 Å². The first-order valence-electron chi connectivity index (χ1n) is 27.2. The molecule has 1 fully saturated rings. The minimum atomic E-state index is -1.04. The fraction of sp³-hybridized carbons (Fsp3) is 0.482. The molecule has 5 rings (SSSR count). The molecule has 0 saturated carbocycles. The van der Waals surface area contributed by atoms with Gasteiger partial charge in [0.25, 0.3) is 11.8 Å². The largest absolute Gasteiger partial charge is 0.400 e. The number of anilines is 3. The van der Waals surface area contributed by atoms with Crippen molar-refractivity contribution in [3.05, 3.63) is 87.4 Å². The van der Waals surface area contributed by atoms with Crippen molar-refractivity contribution in [2.24, 2.45) is 16.7 Å². The normalized spacial score (nSPS) is 13.2. The second-order valence-corrected chi connectivity index (χ2v) is 19.1. The third-order valence-corrected chi connectivity index (χ3v) is 12.5. The van der Waals surface area contributed by atoms with E-state index in [1.54, 1.807) is 18.2 Å². The van der Waals surface area contributed by atoms with Gasteiger partial charge in [0, 0.05) is 49.9 Å². The highest BCUT2D eigenvalue weighted by Crippen LogP contribution is 2.31. The van der Waals surface area contributed by atoms with E-state index in [1.807, 2.05) is 32.0 Å². The number of hydrogen-bond donors (Lipinski definition) is 12. The maximum atomic E-state index is 13.3. The third-order valence-electron chi connectivity index (χ3n) is 11.7. The predicted octanol–water partition coefficient (Wildman–Crippen LogP) is 5.25. The highest BCUT2D eigenvalue weighted by Gasteiger charge is 2.35. The number of aliphatic hydroxyl groups excluding tert-OH is 1. The lowest BCUT2D eigenvalue weighted by Gasteiger charge is -2.16. The molecule has 446 valence electrons. The molecule has 1 saturated heterocycles. The minimum Gasteiger partial charge on any atom is -0.400 e. The van der Waals surface area contributed by atoms with E-state index in [2.05, 4.69) is 87.5 Å². The monoisotopic (exact) mass is 1160 g/mol. The number of carbonyl (C=O) groups excluding carboxylic acids is 8. The Balaban J connectivity index is 0.00000251. The zero-order valence-electron chi connectivity index (χ0n) is 48.0. The van der Waals surface area contributed by atoms with E-state index in [0.29, 0.717) is 66.3 Å². The minimum absolute atomic E-state index is 0.0591. The predicted molar refractivity (Wildman–Crippen MR) is 323 cm³/mol. The van der Waals surface area contributed by atoms with Crippen LogP contribution in [0.2, 0.25) is 5.02 Å². The van der Waals surface area contributed by atoms with Gasteiger partial charge in [-0.3, -0.25) is 38.5 Å². The lowest BCUT2D eigenvalue weighted by molar-refractivity contribution is -0.138. The fourth-order valence-electron chi connectivity index (χ4n) is 7.64. The molecule has 0 radical (unpaired) electrons. The van der Waals surface area contributed by atoms with Gasteiger partial charge >= 0.3 is 0 Å². The van der Waals surface area contributed by atoms with Crippen LogP contribution in [0.1, 0.15) is 157 Å². The van der Waals surface area contributed by atoms with Crippen molar-refractivity contribution in [1.82, 2.24) is 41.7 Å². The van der Waals surface area contributed by atoms with Gasteiger partial charge in [-0.15, -0.1) is 5.10 Å². The summed E-state index contributed by atoms with van der Waals surface area (Å²) in [6.45, 7) is 14.1. The second-order valence-electron chi connectivity index (χ2n) is 18.1. The topological polar surface area (TPSA) is 374 Å². The van der Waals surface area contributed by atoms with Gasteiger partial charge in [0.1, 0.15) is 18.1 Å². The Morgan fingerprint density at radius 1 is 0.852 bits per heavy atom. The molecule has 0 aliphatic carbocycles. The molecule has 81 heavy (non-hydrogen) atoms. The lowest BCUT2D eigenvalue weighted by Crippen LogP contribution is -2.45. The average Bonchev–Trinajstić information content (AvgIpc) is 3.78. The van der Waals surface area contributed by atoms with E-state index in [4.69, 9.17) is 39.8 Å². The number of aromatic nitrogens is 2. The number of nitrogens with one attached hydrogen (secondary N) is 6. The Labute approximate surface area is 486 Å². The first-order chi connectivity index (χ1) is 38.8. The Bertz CT molecular complexity index is 2700. The van der Waals surface area contributed by atoms with Crippen LogP contribution in [0.4, 0.5) is 17.5 Å². The van der Waals surface area contributed by atoms with Crippen LogP contribution in [0, 0.1) is 0 Å². The summed E-state index contributed by atoms with van der Waals surface area (Å²) in [5.74, 6) is 2.23. The molecular weight excluding hydrogens is 1080 g/mol. The zero-order valence-corrected chi connectivity index (χ0v) is 49.6. The molecule has 7 amide bonds. The van der Waals surface area contributed by atoms with Crippen molar-refractivity contribution in [3.8, 4) is 0 Å². The number of hydrogen-bond acceptors (Lipinski definition) is 17. The van der Waals surface area contributed by atoms with Crippen molar-refractivity contribution >= 4 is 106 Å².